The van der Waals surface area contributed by atoms with Crippen molar-refractivity contribution in [2.24, 2.45) is 11.5 Å². The molecule has 0 saturated heterocycles. The van der Waals surface area contributed by atoms with Crippen LogP contribution in [0.2, 0.25) is 0 Å². The van der Waals surface area contributed by atoms with E-state index in [4.69, 9.17) is 11.5 Å². The zero-order valence-corrected chi connectivity index (χ0v) is 12.1. The number of amides is 2. The normalized spacial score (nSPS) is 10.2. The lowest BCUT2D eigenvalue weighted by molar-refractivity contribution is -0.114. The van der Waals surface area contributed by atoms with Crippen LogP contribution in [-0.2, 0) is 9.59 Å². The Hall–Kier alpha value is -3.14. The Bertz CT molecular complexity index is 588. The SMILES string of the molecule is NC(=O)C=Cc1ccccc1.NC(=O)C=Cc1ccccc1. The van der Waals surface area contributed by atoms with Crippen LogP contribution in [0.3, 0.4) is 0 Å². The Labute approximate surface area is 129 Å². The Morgan fingerprint density at radius 2 is 0.955 bits per heavy atom. The second kappa shape index (κ2) is 9.72. The molecule has 0 unspecified atom stereocenters. The number of carbonyl (C=O) groups is 2. The van der Waals surface area contributed by atoms with E-state index >= 15 is 0 Å². The van der Waals surface area contributed by atoms with Crippen molar-refractivity contribution < 1.29 is 9.59 Å². The number of carbonyl (C=O) groups excluding carboxylic acids is 2. The number of hydrogen-bond acceptors (Lipinski definition) is 2. The minimum absolute atomic E-state index is 0.422. The number of rotatable bonds is 4. The van der Waals surface area contributed by atoms with E-state index in [-0.39, 0.29) is 0 Å². The number of nitrogens with two attached hydrogens (primary N) is 2. The minimum Gasteiger partial charge on any atom is -0.366 e. The van der Waals surface area contributed by atoms with Crippen LogP contribution in [0.1, 0.15) is 11.1 Å². The van der Waals surface area contributed by atoms with Gasteiger partial charge in [0.15, 0.2) is 0 Å². The van der Waals surface area contributed by atoms with Crippen LogP contribution in [0.5, 0.6) is 0 Å². The van der Waals surface area contributed by atoms with Gasteiger partial charge in [0.2, 0.25) is 11.8 Å². The summed E-state index contributed by atoms with van der Waals surface area (Å²) in [5.41, 5.74) is 11.8. The van der Waals surface area contributed by atoms with Gasteiger partial charge in [-0.25, -0.2) is 0 Å². The topological polar surface area (TPSA) is 86.2 Å². The van der Waals surface area contributed by atoms with Crippen molar-refractivity contribution in [1.82, 2.24) is 0 Å². The predicted molar refractivity (Wildman–Crippen MR) is 89.3 cm³/mol. The molecule has 0 fully saturated rings. The standard InChI is InChI=1S/2C9H9NO/c2*10-9(11)7-6-8-4-2-1-3-5-8/h2*1-7H,(H2,10,11). The Morgan fingerprint density at radius 1 is 0.636 bits per heavy atom. The number of benzene rings is 2. The van der Waals surface area contributed by atoms with Gasteiger partial charge in [-0.3, -0.25) is 9.59 Å². The van der Waals surface area contributed by atoms with Crippen LogP contribution in [0, 0.1) is 0 Å². The van der Waals surface area contributed by atoms with Crippen LogP contribution in [0.15, 0.2) is 72.8 Å². The third kappa shape index (κ3) is 8.12. The summed E-state index contributed by atoms with van der Waals surface area (Å²) in [4.78, 5) is 20.6. The molecule has 0 bridgehead atoms. The van der Waals surface area contributed by atoms with Gasteiger partial charge in [0.25, 0.3) is 0 Å². The molecule has 4 heteroatoms. The molecule has 0 heterocycles. The van der Waals surface area contributed by atoms with E-state index < -0.39 is 11.8 Å². The number of hydrogen-bond donors (Lipinski definition) is 2. The van der Waals surface area contributed by atoms with Gasteiger partial charge >= 0.3 is 0 Å². The molecule has 2 rings (SSSR count). The summed E-state index contributed by atoms with van der Waals surface area (Å²) < 4.78 is 0. The van der Waals surface area contributed by atoms with Gasteiger partial charge in [-0.15, -0.1) is 0 Å². The van der Waals surface area contributed by atoms with Crippen molar-refractivity contribution in [2.75, 3.05) is 0 Å². The van der Waals surface area contributed by atoms with Gasteiger partial charge in [-0.2, -0.15) is 0 Å². The Kier molecular flexibility index (Phi) is 7.47. The van der Waals surface area contributed by atoms with Crippen LogP contribution in [0.4, 0.5) is 0 Å². The molecule has 0 aliphatic carbocycles. The number of primary amides is 2. The third-order valence-corrected chi connectivity index (χ3v) is 2.48. The lowest BCUT2D eigenvalue weighted by Gasteiger charge is -1.88. The monoisotopic (exact) mass is 294 g/mol. The van der Waals surface area contributed by atoms with Gasteiger partial charge in [0.1, 0.15) is 0 Å². The molecule has 0 atom stereocenters. The third-order valence-electron chi connectivity index (χ3n) is 2.48. The molecule has 2 amide bonds. The molecular weight excluding hydrogens is 276 g/mol. The fourth-order valence-electron chi connectivity index (χ4n) is 1.49. The zero-order valence-electron chi connectivity index (χ0n) is 12.1. The lowest BCUT2D eigenvalue weighted by Crippen LogP contribution is -2.04. The molecular formula is C18H18N2O2. The van der Waals surface area contributed by atoms with Crippen molar-refractivity contribution in [2.45, 2.75) is 0 Å². The highest BCUT2D eigenvalue weighted by Gasteiger charge is 1.85. The maximum absolute atomic E-state index is 10.3. The van der Waals surface area contributed by atoms with E-state index in [1.54, 1.807) is 12.2 Å². The molecule has 0 aliphatic heterocycles. The quantitative estimate of drug-likeness (QED) is 0.848. The lowest BCUT2D eigenvalue weighted by atomic mass is 10.2. The minimum atomic E-state index is -0.422. The maximum atomic E-state index is 10.3. The smallest absolute Gasteiger partial charge is 0.241 e. The van der Waals surface area contributed by atoms with Crippen molar-refractivity contribution >= 4 is 24.0 Å². The van der Waals surface area contributed by atoms with E-state index in [2.05, 4.69) is 0 Å². The zero-order chi connectivity index (χ0) is 16.2. The van der Waals surface area contributed by atoms with Gasteiger partial charge in [0.05, 0.1) is 0 Å². The van der Waals surface area contributed by atoms with Crippen LogP contribution >= 0.6 is 0 Å². The van der Waals surface area contributed by atoms with E-state index in [9.17, 15) is 9.59 Å². The largest absolute Gasteiger partial charge is 0.366 e. The van der Waals surface area contributed by atoms with Gasteiger partial charge in [0, 0.05) is 12.2 Å². The first-order valence-corrected chi connectivity index (χ1v) is 6.63. The molecule has 0 radical (unpaired) electrons. The van der Waals surface area contributed by atoms with Crippen molar-refractivity contribution in [3.8, 4) is 0 Å². The Morgan fingerprint density at radius 3 is 1.23 bits per heavy atom. The average molecular weight is 294 g/mol. The molecule has 0 aromatic heterocycles. The van der Waals surface area contributed by atoms with Crippen molar-refractivity contribution in [1.29, 1.82) is 0 Å². The summed E-state index contributed by atoms with van der Waals surface area (Å²) >= 11 is 0. The first-order valence-electron chi connectivity index (χ1n) is 6.63. The summed E-state index contributed by atoms with van der Waals surface area (Å²) in [5, 5.41) is 0. The van der Waals surface area contributed by atoms with E-state index in [1.807, 2.05) is 60.7 Å². The summed E-state index contributed by atoms with van der Waals surface area (Å²) in [6.45, 7) is 0. The molecule has 2 aromatic rings. The molecule has 4 nitrogen and oxygen atoms in total. The van der Waals surface area contributed by atoms with Crippen LogP contribution in [-0.4, -0.2) is 11.8 Å². The highest BCUT2D eigenvalue weighted by atomic mass is 16.1. The molecule has 22 heavy (non-hydrogen) atoms. The predicted octanol–water partition coefficient (Wildman–Crippen LogP) is 2.37. The second-order valence-corrected chi connectivity index (χ2v) is 4.29. The summed E-state index contributed by atoms with van der Waals surface area (Å²) in [5.74, 6) is -0.845. The van der Waals surface area contributed by atoms with Crippen molar-refractivity contribution in [3.63, 3.8) is 0 Å². The van der Waals surface area contributed by atoms with Crippen LogP contribution < -0.4 is 11.5 Å². The first kappa shape index (κ1) is 16.9. The summed E-state index contributed by atoms with van der Waals surface area (Å²) in [7, 11) is 0. The van der Waals surface area contributed by atoms with Gasteiger partial charge < -0.3 is 11.5 Å². The molecule has 0 spiro atoms. The van der Waals surface area contributed by atoms with Gasteiger partial charge in [-0.1, -0.05) is 60.7 Å². The average Bonchev–Trinajstić information content (AvgIpc) is 2.53. The second-order valence-electron chi connectivity index (χ2n) is 4.29. The van der Waals surface area contributed by atoms with Gasteiger partial charge in [-0.05, 0) is 23.3 Å². The molecule has 2 aromatic carbocycles. The maximum Gasteiger partial charge on any atom is 0.241 e. The summed E-state index contributed by atoms with van der Waals surface area (Å²) in [6.07, 6.45) is 6.05. The van der Waals surface area contributed by atoms with Crippen LogP contribution in [0.25, 0.3) is 12.2 Å². The first-order chi connectivity index (χ1) is 10.6. The molecule has 0 aliphatic rings. The van der Waals surface area contributed by atoms with E-state index in [0.717, 1.165) is 11.1 Å². The fourth-order valence-corrected chi connectivity index (χ4v) is 1.49. The Balaban J connectivity index is 0.000000220. The summed E-state index contributed by atoms with van der Waals surface area (Å²) in [6, 6.07) is 19.1. The van der Waals surface area contributed by atoms with E-state index in [0.29, 0.717) is 0 Å². The highest BCUT2D eigenvalue weighted by Crippen LogP contribution is 2.00. The van der Waals surface area contributed by atoms with Crippen molar-refractivity contribution in [3.05, 3.63) is 83.9 Å². The molecule has 0 saturated carbocycles. The molecule has 4 N–H and O–H groups in total. The molecule has 112 valence electrons. The fraction of sp³-hybridized carbons (Fsp3) is 0. The highest BCUT2D eigenvalue weighted by molar-refractivity contribution is 5.90. The van der Waals surface area contributed by atoms with E-state index in [1.165, 1.54) is 12.2 Å².